The number of amides is 1. The van der Waals surface area contributed by atoms with Crippen molar-refractivity contribution in [2.45, 2.75) is 12.0 Å². The predicted molar refractivity (Wildman–Crippen MR) is 104 cm³/mol. The van der Waals surface area contributed by atoms with Crippen molar-refractivity contribution in [1.82, 2.24) is 5.32 Å². The number of carbonyl (C=O) groups is 1. The summed E-state index contributed by atoms with van der Waals surface area (Å²) in [5.41, 5.74) is 5.12. The maximum atomic E-state index is 12.9. The molecule has 10 heteroatoms. The third-order valence-corrected chi connectivity index (χ3v) is 4.65. The van der Waals surface area contributed by atoms with Crippen LogP contribution in [0.1, 0.15) is 11.1 Å². The fraction of sp³-hybridized carbons (Fsp3) is 0.263. The number of hydrogen-bond acceptors (Lipinski definition) is 8. The molecule has 2 aromatic carbocycles. The number of nitro groups is 1. The molecule has 0 spiro atoms. The van der Waals surface area contributed by atoms with Crippen molar-refractivity contribution in [2.75, 3.05) is 21.3 Å². The van der Waals surface area contributed by atoms with E-state index in [1.54, 1.807) is 18.2 Å². The number of benzene rings is 2. The second kappa shape index (κ2) is 7.66. The van der Waals surface area contributed by atoms with Crippen LogP contribution in [-0.4, -0.2) is 38.1 Å². The fourth-order valence-electron chi connectivity index (χ4n) is 3.33. The Morgan fingerprint density at radius 2 is 1.79 bits per heavy atom. The van der Waals surface area contributed by atoms with Gasteiger partial charge in [-0.15, -0.1) is 0 Å². The molecule has 0 aliphatic carbocycles. The first-order valence-corrected chi connectivity index (χ1v) is 8.55. The van der Waals surface area contributed by atoms with E-state index in [2.05, 4.69) is 10.3 Å². The summed E-state index contributed by atoms with van der Waals surface area (Å²) in [7, 11) is 4.45. The normalized spacial score (nSPS) is 18.0. The number of rotatable bonds is 7. The topological polar surface area (TPSA) is 138 Å². The highest BCUT2D eigenvalue weighted by molar-refractivity contribution is 6.07. The molecular formula is C19H20N4O6. The largest absolute Gasteiger partial charge is 0.493 e. The van der Waals surface area contributed by atoms with Gasteiger partial charge in [0.25, 0.3) is 11.6 Å². The lowest BCUT2D eigenvalue weighted by atomic mass is 9.83. The Labute approximate surface area is 166 Å². The van der Waals surface area contributed by atoms with Crippen LogP contribution >= 0.6 is 0 Å². The molecule has 0 fully saturated rings. The summed E-state index contributed by atoms with van der Waals surface area (Å²) < 4.78 is 16.1. The van der Waals surface area contributed by atoms with E-state index in [1.807, 2.05) is 0 Å². The number of carbonyl (C=O) groups excluding carboxylic acids is 1. The Hall–Kier alpha value is -3.82. The number of nitrogens with one attached hydrogen (secondary N) is 1. The number of nitrogens with two attached hydrogens (primary N) is 1. The average molecular weight is 400 g/mol. The molecule has 0 aromatic heterocycles. The van der Waals surface area contributed by atoms with Gasteiger partial charge in [0.2, 0.25) is 5.75 Å². The predicted octanol–water partition coefficient (Wildman–Crippen LogP) is 1.50. The number of nitro benzene ring substituents is 1. The van der Waals surface area contributed by atoms with Crippen molar-refractivity contribution in [3.63, 3.8) is 0 Å². The van der Waals surface area contributed by atoms with Gasteiger partial charge in [-0.1, -0.05) is 12.1 Å². The second-order valence-corrected chi connectivity index (χ2v) is 6.33. The third-order valence-electron chi connectivity index (χ3n) is 4.65. The van der Waals surface area contributed by atoms with Crippen molar-refractivity contribution >= 4 is 17.6 Å². The van der Waals surface area contributed by atoms with Crippen molar-refractivity contribution in [3.8, 4) is 17.2 Å². The summed E-state index contributed by atoms with van der Waals surface area (Å²) in [6.45, 7) is 0. The van der Waals surface area contributed by atoms with Gasteiger partial charge in [0.1, 0.15) is 0 Å². The number of guanidine groups is 1. The lowest BCUT2D eigenvalue weighted by molar-refractivity contribution is -0.384. The van der Waals surface area contributed by atoms with Crippen LogP contribution in [0.5, 0.6) is 17.2 Å². The Kier molecular flexibility index (Phi) is 5.26. The van der Waals surface area contributed by atoms with Crippen molar-refractivity contribution in [1.29, 1.82) is 0 Å². The van der Waals surface area contributed by atoms with Crippen molar-refractivity contribution in [3.05, 3.63) is 57.6 Å². The van der Waals surface area contributed by atoms with Crippen LogP contribution in [0, 0.1) is 10.1 Å². The highest BCUT2D eigenvalue weighted by Gasteiger charge is 2.45. The lowest BCUT2D eigenvalue weighted by Crippen LogP contribution is -2.40. The SMILES string of the molecule is COc1cc(CC2(c3cccc([N+](=O)[O-])c3)N=C(N)NC2=O)cc(OC)c1OC. The van der Waals surface area contributed by atoms with Gasteiger partial charge in [0, 0.05) is 18.6 Å². The van der Waals surface area contributed by atoms with E-state index in [1.165, 1.54) is 39.5 Å². The molecule has 0 radical (unpaired) electrons. The van der Waals surface area contributed by atoms with Gasteiger partial charge in [-0.2, -0.15) is 0 Å². The monoisotopic (exact) mass is 400 g/mol. The summed E-state index contributed by atoms with van der Waals surface area (Å²) in [4.78, 5) is 27.9. The Morgan fingerprint density at radius 1 is 1.14 bits per heavy atom. The van der Waals surface area contributed by atoms with Gasteiger partial charge in [-0.05, 0) is 23.3 Å². The third kappa shape index (κ3) is 3.51. The van der Waals surface area contributed by atoms with E-state index in [4.69, 9.17) is 19.9 Å². The first-order valence-electron chi connectivity index (χ1n) is 8.55. The van der Waals surface area contributed by atoms with Gasteiger partial charge in [0.05, 0.1) is 26.3 Å². The fourth-order valence-corrected chi connectivity index (χ4v) is 3.33. The zero-order valence-corrected chi connectivity index (χ0v) is 16.1. The summed E-state index contributed by atoms with van der Waals surface area (Å²) >= 11 is 0. The molecule has 1 aliphatic heterocycles. The molecule has 0 bridgehead atoms. The molecule has 10 nitrogen and oxygen atoms in total. The van der Waals surface area contributed by atoms with Crippen LogP contribution < -0.4 is 25.3 Å². The molecule has 0 saturated carbocycles. The molecule has 1 atom stereocenters. The number of non-ortho nitro benzene ring substituents is 1. The molecule has 1 unspecified atom stereocenters. The van der Waals surface area contributed by atoms with Gasteiger partial charge < -0.3 is 19.9 Å². The molecule has 3 N–H and O–H groups in total. The van der Waals surface area contributed by atoms with Crippen LogP contribution in [0.4, 0.5) is 5.69 Å². The zero-order chi connectivity index (χ0) is 21.2. The summed E-state index contributed by atoms with van der Waals surface area (Å²) in [6.07, 6.45) is 0.0669. The maximum Gasteiger partial charge on any atom is 0.269 e. The molecular weight excluding hydrogens is 380 g/mol. The van der Waals surface area contributed by atoms with E-state index >= 15 is 0 Å². The smallest absolute Gasteiger partial charge is 0.269 e. The van der Waals surface area contributed by atoms with Gasteiger partial charge in [-0.25, -0.2) is 4.99 Å². The number of hydrogen-bond donors (Lipinski definition) is 2. The van der Waals surface area contributed by atoms with Gasteiger partial charge in [0.15, 0.2) is 23.0 Å². The van der Waals surface area contributed by atoms with Crippen LogP contribution in [0.3, 0.4) is 0 Å². The Bertz CT molecular complexity index is 981. The van der Waals surface area contributed by atoms with Gasteiger partial charge >= 0.3 is 0 Å². The summed E-state index contributed by atoms with van der Waals surface area (Å²) in [6, 6.07) is 9.15. The molecule has 152 valence electrons. The highest BCUT2D eigenvalue weighted by atomic mass is 16.6. The number of aliphatic imine (C=N–C) groups is 1. The van der Waals surface area contributed by atoms with E-state index in [0.717, 1.165) is 0 Å². The van der Waals surface area contributed by atoms with Crippen LogP contribution in [0.2, 0.25) is 0 Å². The van der Waals surface area contributed by atoms with E-state index in [9.17, 15) is 14.9 Å². The van der Waals surface area contributed by atoms with Crippen molar-refractivity contribution in [2.24, 2.45) is 10.7 Å². The van der Waals surface area contributed by atoms with E-state index in [-0.39, 0.29) is 18.1 Å². The van der Waals surface area contributed by atoms with Crippen molar-refractivity contribution < 1.29 is 23.9 Å². The molecule has 3 rings (SSSR count). The van der Waals surface area contributed by atoms with Gasteiger partial charge in [-0.3, -0.25) is 20.2 Å². The molecule has 1 aliphatic rings. The first kappa shape index (κ1) is 19.9. The average Bonchev–Trinajstić information content (AvgIpc) is 3.00. The summed E-state index contributed by atoms with van der Waals surface area (Å²) in [5.74, 6) is 0.679. The molecule has 1 amide bonds. The Balaban J connectivity index is 2.15. The lowest BCUT2D eigenvalue weighted by Gasteiger charge is -2.24. The summed E-state index contributed by atoms with van der Waals surface area (Å²) in [5, 5.41) is 13.7. The minimum absolute atomic E-state index is 0.0612. The molecule has 0 saturated heterocycles. The second-order valence-electron chi connectivity index (χ2n) is 6.33. The zero-order valence-electron chi connectivity index (χ0n) is 16.1. The maximum absolute atomic E-state index is 12.9. The van der Waals surface area contributed by atoms with E-state index in [0.29, 0.717) is 28.4 Å². The quantitative estimate of drug-likeness (QED) is 0.530. The number of ether oxygens (including phenoxy) is 3. The van der Waals surface area contributed by atoms with E-state index < -0.39 is 16.4 Å². The van der Waals surface area contributed by atoms with Crippen LogP contribution in [-0.2, 0) is 16.8 Å². The first-order chi connectivity index (χ1) is 13.8. The van der Waals surface area contributed by atoms with Crippen LogP contribution in [0.25, 0.3) is 0 Å². The molecule has 29 heavy (non-hydrogen) atoms. The van der Waals surface area contributed by atoms with Crippen LogP contribution in [0.15, 0.2) is 41.4 Å². The molecule has 1 heterocycles. The number of nitrogens with zero attached hydrogens (tertiary/aromatic N) is 2. The standard InChI is InChI=1S/C19H20N4O6/c1-27-14-7-11(8-15(28-2)16(14)29-3)10-19(17(24)21-18(20)22-19)12-5-4-6-13(9-12)23(25)26/h4-9H,10H2,1-3H3,(H3,20,21,22,24). The minimum Gasteiger partial charge on any atom is -0.493 e. The Morgan fingerprint density at radius 3 is 2.28 bits per heavy atom. The molecule has 2 aromatic rings. The minimum atomic E-state index is -1.47. The number of methoxy groups -OCH3 is 3. The highest BCUT2D eigenvalue weighted by Crippen LogP contribution is 2.41.